The fraction of sp³-hybridized carbons (Fsp3) is 0.538. The van der Waals surface area contributed by atoms with E-state index >= 15 is 0 Å². The van der Waals surface area contributed by atoms with Gasteiger partial charge in [-0.15, -0.1) is 12.4 Å². The first-order valence-corrected chi connectivity index (χ1v) is 6.85. The van der Waals surface area contributed by atoms with Gasteiger partial charge in [0.15, 0.2) is 0 Å². The van der Waals surface area contributed by atoms with Gasteiger partial charge in [-0.05, 0) is 31.0 Å². The van der Waals surface area contributed by atoms with E-state index in [1.54, 1.807) is 0 Å². The molecule has 1 aliphatic heterocycles. The number of benzene rings is 1. The zero-order chi connectivity index (χ0) is 12.3. The van der Waals surface area contributed by atoms with Gasteiger partial charge in [0.2, 0.25) is 0 Å². The Morgan fingerprint density at radius 2 is 2.06 bits per heavy atom. The minimum absolute atomic E-state index is 0. The van der Waals surface area contributed by atoms with Crippen molar-refractivity contribution in [1.29, 1.82) is 0 Å². The first-order chi connectivity index (χ1) is 8.22. The molecule has 1 aliphatic rings. The number of hydrogen-bond donors (Lipinski definition) is 1. The fourth-order valence-corrected chi connectivity index (χ4v) is 2.80. The normalized spacial score (nSPS) is 20.5. The molecule has 1 heterocycles. The van der Waals surface area contributed by atoms with Crippen LogP contribution in [0.5, 0.6) is 0 Å². The minimum Gasteiger partial charge on any atom is -0.329 e. The molecule has 2 nitrogen and oxygen atoms in total. The van der Waals surface area contributed by atoms with Crippen LogP contribution in [0.1, 0.15) is 24.8 Å². The molecule has 0 radical (unpaired) electrons. The molecule has 0 amide bonds. The molecule has 2 rings (SSSR count). The number of rotatable bonds is 3. The molecule has 1 atom stereocenters. The van der Waals surface area contributed by atoms with Crippen molar-refractivity contribution in [3.63, 3.8) is 0 Å². The van der Waals surface area contributed by atoms with Crippen LogP contribution < -0.4 is 5.73 Å². The summed E-state index contributed by atoms with van der Waals surface area (Å²) in [6.45, 7) is 2.67. The lowest BCUT2D eigenvalue weighted by molar-refractivity contribution is 0.145. The van der Waals surface area contributed by atoms with Gasteiger partial charge in [-0.3, -0.25) is 4.90 Å². The molecule has 1 aromatic rings. The predicted octanol–water partition coefficient (Wildman–Crippen LogP) is 3.73. The van der Waals surface area contributed by atoms with E-state index in [9.17, 15) is 0 Å². The third-order valence-electron chi connectivity index (χ3n) is 3.43. The highest BCUT2D eigenvalue weighted by Crippen LogP contribution is 2.28. The third-order valence-corrected chi connectivity index (χ3v) is 4.28. The Hall–Kier alpha value is 0.01000. The second kappa shape index (κ2) is 7.56. The standard InChI is InChI=1S/C13H18Cl2N2.ClH/c14-12-6-3-4-10(13(12)15)9-17-7-2-1-5-11(17)8-16;/h3-4,6,11H,1-2,5,7-9,16H2;1H. The van der Waals surface area contributed by atoms with Gasteiger partial charge in [-0.25, -0.2) is 0 Å². The summed E-state index contributed by atoms with van der Waals surface area (Å²) in [4.78, 5) is 2.42. The van der Waals surface area contributed by atoms with E-state index in [1.807, 2.05) is 18.2 Å². The van der Waals surface area contributed by atoms with E-state index in [4.69, 9.17) is 28.9 Å². The monoisotopic (exact) mass is 308 g/mol. The molecule has 1 fully saturated rings. The average Bonchev–Trinajstić information content (AvgIpc) is 2.35. The number of nitrogens with two attached hydrogens (primary N) is 1. The minimum atomic E-state index is 0. The third kappa shape index (κ3) is 3.75. The SMILES string of the molecule is Cl.NCC1CCCCN1Cc1cccc(Cl)c1Cl. The fourth-order valence-electron chi connectivity index (χ4n) is 2.42. The van der Waals surface area contributed by atoms with Gasteiger partial charge in [0.25, 0.3) is 0 Å². The smallest absolute Gasteiger partial charge is 0.0637 e. The summed E-state index contributed by atoms with van der Waals surface area (Å²) in [7, 11) is 0. The van der Waals surface area contributed by atoms with Crippen LogP contribution in [0.4, 0.5) is 0 Å². The molecule has 1 unspecified atom stereocenters. The Kier molecular flexibility index (Phi) is 6.75. The Balaban J connectivity index is 0.00000162. The van der Waals surface area contributed by atoms with Gasteiger partial charge in [-0.2, -0.15) is 0 Å². The van der Waals surface area contributed by atoms with Gasteiger partial charge in [0.1, 0.15) is 0 Å². The van der Waals surface area contributed by atoms with Crippen LogP contribution in [0.25, 0.3) is 0 Å². The largest absolute Gasteiger partial charge is 0.329 e. The number of piperidine rings is 1. The average molecular weight is 310 g/mol. The lowest BCUT2D eigenvalue weighted by Crippen LogP contribution is -2.43. The molecule has 1 saturated heterocycles. The highest BCUT2D eigenvalue weighted by Gasteiger charge is 2.21. The Morgan fingerprint density at radius 1 is 1.28 bits per heavy atom. The Morgan fingerprint density at radius 3 is 2.78 bits per heavy atom. The summed E-state index contributed by atoms with van der Waals surface area (Å²) in [6.07, 6.45) is 3.71. The summed E-state index contributed by atoms with van der Waals surface area (Å²) in [5.74, 6) is 0. The van der Waals surface area contributed by atoms with E-state index in [1.165, 1.54) is 19.3 Å². The predicted molar refractivity (Wildman–Crippen MR) is 80.8 cm³/mol. The molecule has 0 spiro atoms. The topological polar surface area (TPSA) is 29.3 Å². The van der Waals surface area contributed by atoms with Crippen LogP contribution in [0.3, 0.4) is 0 Å². The van der Waals surface area contributed by atoms with Crippen molar-refractivity contribution in [2.45, 2.75) is 31.8 Å². The van der Waals surface area contributed by atoms with Crippen LogP contribution in [-0.2, 0) is 6.54 Å². The van der Waals surface area contributed by atoms with Crippen molar-refractivity contribution < 1.29 is 0 Å². The van der Waals surface area contributed by atoms with Gasteiger partial charge >= 0.3 is 0 Å². The van der Waals surface area contributed by atoms with Crippen LogP contribution in [0, 0.1) is 0 Å². The van der Waals surface area contributed by atoms with Crippen LogP contribution >= 0.6 is 35.6 Å². The molecule has 2 N–H and O–H groups in total. The van der Waals surface area contributed by atoms with Crippen LogP contribution in [0.15, 0.2) is 18.2 Å². The van der Waals surface area contributed by atoms with Crippen molar-refractivity contribution in [2.75, 3.05) is 13.1 Å². The van der Waals surface area contributed by atoms with Crippen molar-refractivity contribution >= 4 is 35.6 Å². The molecule has 0 saturated carbocycles. The van der Waals surface area contributed by atoms with Crippen LogP contribution in [0.2, 0.25) is 10.0 Å². The summed E-state index contributed by atoms with van der Waals surface area (Å²) in [5, 5.41) is 1.31. The Labute approximate surface area is 125 Å². The van der Waals surface area contributed by atoms with Gasteiger partial charge in [-0.1, -0.05) is 41.8 Å². The first kappa shape index (κ1) is 16.1. The summed E-state index contributed by atoms with van der Waals surface area (Å²) < 4.78 is 0. The maximum absolute atomic E-state index is 6.21. The lowest BCUT2D eigenvalue weighted by atomic mass is 10.0. The highest BCUT2D eigenvalue weighted by molar-refractivity contribution is 6.42. The first-order valence-electron chi connectivity index (χ1n) is 6.09. The molecule has 0 aliphatic carbocycles. The lowest BCUT2D eigenvalue weighted by Gasteiger charge is -2.35. The number of nitrogens with zero attached hydrogens (tertiary/aromatic N) is 1. The summed E-state index contributed by atoms with van der Waals surface area (Å²) in [5.41, 5.74) is 6.91. The number of hydrogen-bond acceptors (Lipinski definition) is 2. The van der Waals surface area contributed by atoms with E-state index < -0.39 is 0 Å². The molecule has 0 aromatic heterocycles. The maximum Gasteiger partial charge on any atom is 0.0637 e. The zero-order valence-electron chi connectivity index (χ0n) is 10.2. The van der Waals surface area contributed by atoms with E-state index in [0.29, 0.717) is 16.1 Å². The van der Waals surface area contributed by atoms with E-state index in [-0.39, 0.29) is 12.4 Å². The van der Waals surface area contributed by atoms with Gasteiger partial charge in [0.05, 0.1) is 10.0 Å². The van der Waals surface area contributed by atoms with Gasteiger partial charge < -0.3 is 5.73 Å². The molecule has 1 aromatic carbocycles. The molecular weight excluding hydrogens is 291 g/mol. The van der Waals surface area contributed by atoms with E-state index in [2.05, 4.69) is 4.90 Å². The zero-order valence-corrected chi connectivity index (χ0v) is 12.6. The quantitative estimate of drug-likeness (QED) is 0.922. The Bertz CT molecular complexity index is 384. The van der Waals surface area contributed by atoms with Crippen molar-refractivity contribution in [1.82, 2.24) is 4.90 Å². The number of halogens is 3. The molecule has 102 valence electrons. The van der Waals surface area contributed by atoms with Gasteiger partial charge in [0, 0.05) is 19.1 Å². The van der Waals surface area contributed by atoms with Crippen molar-refractivity contribution in [3.05, 3.63) is 33.8 Å². The second-order valence-corrected chi connectivity index (χ2v) is 5.35. The van der Waals surface area contributed by atoms with Crippen LogP contribution in [-0.4, -0.2) is 24.0 Å². The van der Waals surface area contributed by atoms with E-state index in [0.717, 1.165) is 25.2 Å². The molecular formula is C13H19Cl3N2. The maximum atomic E-state index is 6.21. The highest BCUT2D eigenvalue weighted by atomic mass is 35.5. The second-order valence-electron chi connectivity index (χ2n) is 4.57. The van der Waals surface area contributed by atoms with Crippen molar-refractivity contribution in [3.8, 4) is 0 Å². The summed E-state index contributed by atoms with van der Waals surface area (Å²) >= 11 is 12.2. The number of likely N-dealkylation sites (tertiary alicyclic amines) is 1. The molecule has 5 heteroatoms. The molecule has 0 bridgehead atoms. The molecule has 18 heavy (non-hydrogen) atoms. The van der Waals surface area contributed by atoms with Crippen molar-refractivity contribution in [2.24, 2.45) is 5.73 Å². The summed E-state index contributed by atoms with van der Waals surface area (Å²) in [6, 6.07) is 6.30.